The molecule has 0 aliphatic heterocycles. The van der Waals surface area contributed by atoms with Crippen molar-refractivity contribution in [1.82, 2.24) is 0 Å². The minimum Gasteiger partial charge on any atom is -0.434 e. The molecule has 0 aliphatic rings. The van der Waals surface area contributed by atoms with Gasteiger partial charge < -0.3 is 15.2 Å². The molecule has 1 rings (SSSR count). The van der Waals surface area contributed by atoms with E-state index in [0.29, 0.717) is 0 Å². The van der Waals surface area contributed by atoms with Crippen LogP contribution in [0.25, 0.3) is 0 Å². The van der Waals surface area contributed by atoms with Gasteiger partial charge in [0.25, 0.3) is 0 Å². The second kappa shape index (κ2) is 4.99. The fourth-order valence-electron chi connectivity index (χ4n) is 0.774. The van der Waals surface area contributed by atoms with Gasteiger partial charge in [0.1, 0.15) is 4.88 Å². The molecule has 15 heavy (non-hydrogen) atoms. The molecule has 1 aromatic rings. The molecule has 0 saturated heterocycles. The normalized spacial score (nSPS) is 9.73. The molecule has 0 saturated carbocycles. The number of esters is 1. The van der Waals surface area contributed by atoms with Gasteiger partial charge in [0, 0.05) is 5.38 Å². The molecular formula is C8H8ClNO4S. The highest BCUT2D eigenvalue weighted by molar-refractivity contribution is 7.13. The first-order valence-corrected chi connectivity index (χ1v) is 5.23. The van der Waals surface area contributed by atoms with Crippen LogP contribution in [0.4, 0.5) is 10.5 Å². The number of halogens is 1. The van der Waals surface area contributed by atoms with Gasteiger partial charge in [-0.05, 0) is 6.92 Å². The van der Waals surface area contributed by atoms with Gasteiger partial charge in [-0.3, -0.25) is 0 Å². The summed E-state index contributed by atoms with van der Waals surface area (Å²) in [7, 11) is 0. The van der Waals surface area contributed by atoms with Crippen molar-refractivity contribution in [2.24, 2.45) is 0 Å². The maximum Gasteiger partial charge on any atom is 0.516 e. The third-order valence-corrected chi connectivity index (χ3v) is 2.82. The Bertz CT molecular complexity index is 390. The predicted octanol–water partition coefficient (Wildman–Crippen LogP) is 2.30. The number of ether oxygens (including phenoxy) is 2. The van der Waals surface area contributed by atoms with Crippen LogP contribution in [0.1, 0.15) is 16.6 Å². The third kappa shape index (κ3) is 2.84. The summed E-state index contributed by atoms with van der Waals surface area (Å²) in [4.78, 5) is 22.2. The number of rotatable bonds is 2. The summed E-state index contributed by atoms with van der Waals surface area (Å²) in [6.07, 6.45) is -1.05. The van der Waals surface area contributed by atoms with Crippen LogP contribution in [0.3, 0.4) is 0 Å². The fraction of sp³-hybridized carbons (Fsp3) is 0.250. The molecule has 0 aliphatic carbocycles. The van der Waals surface area contributed by atoms with Crippen LogP contribution >= 0.6 is 22.9 Å². The molecule has 1 aromatic heterocycles. The summed E-state index contributed by atoms with van der Waals surface area (Å²) in [5.41, 5.74) is 5.59. The average molecular weight is 250 g/mol. The van der Waals surface area contributed by atoms with Crippen LogP contribution in [0, 0.1) is 0 Å². The lowest BCUT2D eigenvalue weighted by atomic mass is 10.4. The molecule has 0 unspecified atom stereocenters. The lowest BCUT2D eigenvalue weighted by molar-refractivity contribution is 0.0407. The topological polar surface area (TPSA) is 78.6 Å². The number of carbonyl (C=O) groups excluding carboxylic acids is 2. The largest absolute Gasteiger partial charge is 0.516 e. The first-order chi connectivity index (χ1) is 7.06. The maximum atomic E-state index is 11.3. The standard InChI is InChI=1S/C8H8ClNO4S/c1-2-13-8(12)14-7(11)6-5(10)4(9)3-15-6/h3H,2,10H2,1H3. The van der Waals surface area contributed by atoms with Gasteiger partial charge in [0.2, 0.25) is 0 Å². The van der Waals surface area contributed by atoms with E-state index in [1.807, 2.05) is 0 Å². The number of hydrogen-bond acceptors (Lipinski definition) is 6. The molecule has 0 fully saturated rings. The lowest BCUT2D eigenvalue weighted by Gasteiger charge is -2.01. The quantitative estimate of drug-likeness (QED) is 0.643. The first-order valence-electron chi connectivity index (χ1n) is 3.97. The Labute approximate surface area is 94.7 Å². The van der Waals surface area contributed by atoms with Crippen LogP contribution in [0.5, 0.6) is 0 Å². The van der Waals surface area contributed by atoms with Crippen molar-refractivity contribution < 1.29 is 19.1 Å². The Morgan fingerprint density at radius 3 is 2.73 bits per heavy atom. The van der Waals surface area contributed by atoms with E-state index in [1.165, 1.54) is 5.38 Å². The maximum absolute atomic E-state index is 11.3. The van der Waals surface area contributed by atoms with E-state index in [1.54, 1.807) is 6.92 Å². The molecule has 0 bridgehead atoms. The predicted molar refractivity (Wildman–Crippen MR) is 56.2 cm³/mol. The monoisotopic (exact) mass is 249 g/mol. The molecule has 0 aromatic carbocycles. The SMILES string of the molecule is CCOC(=O)OC(=O)c1scc(Cl)c1N. The van der Waals surface area contributed by atoms with E-state index in [9.17, 15) is 9.59 Å². The average Bonchev–Trinajstić information content (AvgIpc) is 2.48. The lowest BCUT2D eigenvalue weighted by Crippen LogP contribution is -2.13. The van der Waals surface area contributed by atoms with Gasteiger partial charge in [0.15, 0.2) is 0 Å². The van der Waals surface area contributed by atoms with Crippen LogP contribution in [-0.2, 0) is 9.47 Å². The number of nitrogen functional groups attached to an aromatic ring is 1. The van der Waals surface area contributed by atoms with Gasteiger partial charge in [-0.2, -0.15) is 0 Å². The van der Waals surface area contributed by atoms with Crippen molar-refractivity contribution in [3.05, 3.63) is 15.3 Å². The Morgan fingerprint density at radius 2 is 2.27 bits per heavy atom. The molecule has 7 heteroatoms. The van der Waals surface area contributed by atoms with E-state index in [0.717, 1.165) is 11.3 Å². The highest BCUT2D eigenvalue weighted by Gasteiger charge is 2.19. The van der Waals surface area contributed by atoms with Gasteiger partial charge in [-0.25, -0.2) is 9.59 Å². The Morgan fingerprint density at radius 1 is 1.60 bits per heavy atom. The van der Waals surface area contributed by atoms with Crippen molar-refractivity contribution in [3.8, 4) is 0 Å². The number of anilines is 1. The van der Waals surface area contributed by atoms with Crippen molar-refractivity contribution in [1.29, 1.82) is 0 Å². The van der Waals surface area contributed by atoms with Crippen molar-refractivity contribution in [2.75, 3.05) is 12.3 Å². The van der Waals surface area contributed by atoms with E-state index in [4.69, 9.17) is 17.3 Å². The summed E-state index contributed by atoms with van der Waals surface area (Å²) < 4.78 is 8.77. The van der Waals surface area contributed by atoms with Gasteiger partial charge >= 0.3 is 12.1 Å². The minimum absolute atomic E-state index is 0.0908. The van der Waals surface area contributed by atoms with Crippen LogP contribution < -0.4 is 5.73 Å². The van der Waals surface area contributed by atoms with Crippen LogP contribution in [0.15, 0.2) is 5.38 Å². The molecule has 2 N–H and O–H groups in total. The summed E-state index contributed by atoms with van der Waals surface area (Å²) in [5.74, 6) is -0.858. The summed E-state index contributed by atoms with van der Waals surface area (Å²) in [6, 6.07) is 0. The second-order valence-electron chi connectivity index (χ2n) is 2.40. The second-order valence-corrected chi connectivity index (χ2v) is 3.69. The molecule has 0 amide bonds. The van der Waals surface area contributed by atoms with E-state index >= 15 is 0 Å². The molecule has 0 radical (unpaired) electrons. The number of thiophene rings is 1. The zero-order chi connectivity index (χ0) is 11.4. The Kier molecular flexibility index (Phi) is 3.93. The molecule has 0 spiro atoms. The number of hydrogen-bond donors (Lipinski definition) is 1. The van der Waals surface area contributed by atoms with Crippen molar-refractivity contribution in [3.63, 3.8) is 0 Å². The molecular weight excluding hydrogens is 242 g/mol. The third-order valence-electron chi connectivity index (χ3n) is 1.41. The number of carbonyl (C=O) groups is 2. The summed E-state index contributed by atoms with van der Waals surface area (Å²) in [6.45, 7) is 1.73. The Balaban J connectivity index is 2.69. The van der Waals surface area contributed by atoms with E-state index < -0.39 is 12.1 Å². The van der Waals surface area contributed by atoms with Crippen LogP contribution in [0.2, 0.25) is 5.02 Å². The van der Waals surface area contributed by atoms with E-state index in [-0.39, 0.29) is 22.2 Å². The van der Waals surface area contributed by atoms with E-state index in [2.05, 4.69) is 9.47 Å². The zero-order valence-electron chi connectivity index (χ0n) is 7.78. The molecule has 5 nitrogen and oxygen atoms in total. The molecule has 0 atom stereocenters. The highest BCUT2D eigenvalue weighted by atomic mass is 35.5. The van der Waals surface area contributed by atoms with Gasteiger partial charge in [0.05, 0.1) is 17.3 Å². The van der Waals surface area contributed by atoms with Crippen molar-refractivity contribution >= 4 is 40.7 Å². The minimum atomic E-state index is -1.05. The van der Waals surface area contributed by atoms with Gasteiger partial charge in [-0.1, -0.05) is 11.6 Å². The fourth-order valence-corrected chi connectivity index (χ4v) is 1.78. The molecule has 82 valence electrons. The summed E-state index contributed by atoms with van der Waals surface area (Å²) in [5, 5.41) is 1.74. The number of nitrogens with two attached hydrogens (primary N) is 1. The van der Waals surface area contributed by atoms with Gasteiger partial charge in [-0.15, -0.1) is 11.3 Å². The first kappa shape index (κ1) is 11.8. The molecule has 1 heterocycles. The van der Waals surface area contributed by atoms with Crippen molar-refractivity contribution in [2.45, 2.75) is 6.92 Å². The summed E-state index contributed by atoms with van der Waals surface area (Å²) >= 11 is 6.64. The van der Waals surface area contributed by atoms with Crippen LogP contribution in [-0.4, -0.2) is 18.7 Å². The highest BCUT2D eigenvalue weighted by Crippen LogP contribution is 2.29. The zero-order valence-corrected chi connectivity index (χ0v) is 9.35. The smallest absolute Gasteiger partial charge is 0.434 e. The Hall–Kier alpha value is -1.27.